The maximum Gasteiger partial charge on any atom is 0.282 e. The second-order valence-electron chi connectivity index (χ2n) is 4.76. The van der Waals surface area contributed by atoms with Crippen LogP contribution in [0, 0.1) is 0 Å². The summed E-state index contributed by atoms with van der Waals surface area (Å²) >= 11 is 1.46. The van der Waals surface area contributed by atoms with Crippen molar-refractivity contribution in [2.75, 3.05) is 20.6 Å². The first-order valence-corrected chi connectivity index (χ1v) is 8.61. The topological polar surface area (TPSA) is 82.6 Å². The number of thiazole rings is 1. The highest BCUT2D eigenvalue weighted by molar-refractivity contribution is 7.86. The second kappa shape index (κ2) is 6.17. The van der Waals surface area contributed by atoms with Crippen LogP contribution in [0.3, 0.4) is 0 Å². The zero-order chi connectivity index (χ0) is 14.8. The van der Waals surface area contributed by atoms with Crippen LogP contribution in [-0.2, 0) is 21.5 Å². The average molecular weight is 318 g/mol. The summed E-state index contributed by atoms with van der Waals surface area (Å²) in [5.74, 6) is -0.263. The van der Waals surface area contributed by atoms with Crippen LogP contribution < -0.4 is 5.32 Å². The van der Waals surface area contributed by atoms with Crippen LogP contribution in [0.4, 0.5) is 0 Å². The van der Waals surface area contributed by atoms with Gasteiger partial charge in [-0.05, 0) is 12.8 Å². The molecule has 1 N–H and O–H groups in total. The van der Waals surface area contributed by atoms with Crippen molar-refractivity contribution in [3.05, 3.63) is 16.6 Å². The third kappa shape index (κ3) is 3.17. The Balaban J connectivity index is 2.01. The van der Waals surface area contributed by atoms with Gasteiger partial charge in [-0.25, -0.2) is 4.98 Å². The monoisotopic (exact) mass is 318 g/mol. The van der Waals surface area contributed by atoms with E-state index >= 15 is 0 Å². The molecular formula is C11H18N4O3S2. The van der Waals surface area contributed by atoms with Crippen molar-refractivity contribution >= 4 is 27.5 Å². The molecule has 1 aromatic heterocycles. The fourth-order valence-corrected chi connectivity index (χ4v) is 3.97. The summed E-state index contributed by atoms with van der Waals surface area (Å²) < 4.78 is 26.7. The lowest BCUT2D eigenvalue weighted by molar-refractivity contribution is -0.124. The number of rotatable bonds is 5. The van der Waals surface area contributed by atoms with E-state index in [4.69, 9.17) is 0 Å². The number of nitrogens with zero attached hydrogens (tertiary/aromatic N) is 3. The highest BCUT2D eigenvalue weighted by atomic mass is 32.2. The van der Waals surface area contributed by atoms with Crippen molar-refractivity contribution in [1.29, 1.82) is 0 Å². The predicted octanol–water partition coefficient (Wildman–Crippen LogP) is 0.0301. The zero-order valence-electron chi connectivity index (χ0n) is 11.4. The van der Waals surface area contributed by atoms with Gasteiger partial charge in [0.25, 0.3) is 10.2 Å². The molecule has 0 radical (unpaired) electrons. The van der Waals surface area contributed by atoms with Gasteiger partial charge in [-0.2, -0.15) is 17.0 Å². The van der Waals surface area contributed by atoms with Crippen molar-refractivity contribution in [2.45, 2.75) is 25.4 Å². The van der Waals surface area contributed by atoms with Gasteiger partial charge < -0.3 is 5.32 Å². The van der Waals surface area contributed by atoms with Crippen LogP contribution in [0.2, 0.25) is 0 Å². The van der Waals surface area contributed by atoms with Gasteiger partial charge in [0.1, 0.15) is 6.04 Å². The Labute approximate surface area is 122 Å². The SMILES string of the molecule is CN(C)S(=O)(=O)N1CCCC1C(=O)NCc1cscn1. The van der Waals surface area contributed by atoms with Gasteiger partial charge in [0.05, 0.1) is 17.7 Å². The second-order valence-corrected chi connectivity index (χ2v) is 7.57. The number of hydrogen-bond donors (Lipinski definition) is 1. The number of carbonyl (C=O) groups is 1. The van der Waals surface area contributed by atoms with Gasteiger partial charge in [0, 0.05) is 26.0 Å². The van der Waals surface area contributed by atoms with Gasteiger partial charge in [0.2, 0.25) is 5.91 Å². The van der Waals surface area contributed by atoms with Crippen molar-refractivity contribution in [3.8, 4) is 0 Å². The Morgan fingerprint density at radius 2 is 2.35 bits per heavy atom. The largest absolute Gasteiger partial charge is 0.349 e. The summed E-state index contributed by atoms with van der Waals surface area (Å²) in [5, 5.41) is 4.60. The Kier molecular flexibility index (Phi) is 4.74. The van der Waals surface area contributed by atoms with Crippen LogP contribution in [0.1, 0.15) is 18.5 Å². The third-order valence-corrected chi connectivity index (χ3v) is 5.78. The highest BCUT2D eigenvalue weighted by Gasteiger charge is 2.39. The molecule has 1 aromatic rings. The Morgan fingerprint density at radius 3 is 2.95 bits per heavy atom. The first-order valence-electron chi connectivity index (χ1n) is 6.27. The van der Waals surface area contributed by atoms with Gasteiger partial charge >= 0.3 is 0 Å². The zero-order valence-corrected chi connectivity index (χ0v) is 13.1. The predicted molar refractivity (Wildman–Crippen MR) is 76.3 cm³/mol. The van der Waals surface area contributed by atoms with Gasteiger partial charge in [-0.1, -0.05) is 0 Å². The van der Waals surface area contributed by atoms with Gasteiger partial charge in [-0.15, -0.1) is 11.3 Å². The van der Waals surface area contributed by atoms with Crippen molar-refractivity contribution < 1.29 is 13.2 Å². The van der Waals surface area contributed by atoms with Crippen LogP contribution in [0.5, 0.6) is 0 Å². The molecular weight excluding hydrogens is 300 g/mol. The molecule has 0 spiro atoms. The number of aromatic nitrogens is 1. The van der Waals surface area contributed by atoms with E-state index in [0.717, 1.165) is 10.00 Å². The van der Waals surface area contributed by atoms with E-state index in [9.17, 15) is 13.2 Å². The number of nitrogens with one attached hydrogen (secondary N) is 1. The summed E-state index contributed by atoms with van der Waals surface area (Å²) in [6, 6.07) is -0.624. The molecule has 1 aliphatic heterocycles. The standard InChI is InChI=1S/C11H18N4O3S2/c1-14(2)20(17,18)15-5-3-4-10(15)11(16)12-6-9-7-19-8-13-9/h7-8,10H,3-6H2,1-2H3,(H,12,16). The molecule has 1 amide bonds. The summed E-state index contributed by atoms with van der Waals surface area (Å²) in [4.78, 5) is 16.2. The molecule has 1 saturated heterocycles. The van der Waals surface area contributed by atoms with Crippen molar-refractivity contribution in [3.63, 3.8) is 0 Å². The fraction of sp³-hybridized carbons (Fsp3) is 0.636. The molecule has 0 aliphatic carbocycles. The lowest BCUT2D eigenvalue weighted by Crippen LogP contribution is -2.49. The van der Waals surface area contributed by atoms with Crippen molar-refractivity contribution in [1.82, 2.24) is 18.9 Å². The lowest BCUT2D eigenvalue weighted by Gasteiger charge is -2.26. The number of amides is 1. The molecule has 1 aliphatic rings. The van der Waals surface area contributed by atoms with Crippen LogP contribution >= 0.6 is 11.3 Å². The smallest absolute Gasteiger partial charge is 0.282 e. The van der Waals surface area contributed by atoms with Crippen LogP contribution in [0.25, 0.3) is 0 Å². The average Bonchev–Trinajstić information content (AvgIpc) is 3.06. The first kappa shape index (κ1) is 15.4. The Morgan fingerprint density at radius 1 is 1.60 bits per heavy atom. The fourth-order valence-electron chi connectivity index (χ4n) is 2.11. The maximum absolute atomic E-state index is 12.2. The van der Waals surface area contributed by atoms with E-state index < -0.39 is 16.3 Å². The number of hydrogen-bond acceptors (Lipinski definition) is 5. The molecule has 1 atom stereocenters. The molecule has 20 heavy (non-hydrogen) atoms. The van der Waals surface area contributed by atoms with E-state index in [-0.39, 0.29) is 5.91 Å². The molecule has 0 saturated carbocycles. The molecule has 112 valence electrons. The van der Waals surface area contributed by atoms with E-state index in [2.05, 4.69) is 10.3 Å². The highest BCUT2D eigenvalue weighted by Crippen LogP contribution is 2.22. The number of carbonyl (C=O) groups excluding carboxylic acids is 1. The molecule has 0 aromatic carbocycles. The molecule has 9 heteroatoms. The summed E-state index contributed by atoms with van der Waals surface area (Å²) in [7, 11) is -0.610. The molecule has 0 bridgehead atoms. The van der Waals surface area contributed by atoms with Crippen molar-refractivity contribution in [2.24, 2.45) is 0 Å². The third-order valence-electron chi connectivity index (χ3n) is 3.19. The molecule has 7 nitrogen and oxygen atoms in total. The van der Waals surface area contributed by atoms with E-state index in [1.807, 2.05) is 5.38 Å². The Bertz CT molecular complexity index is 556. The first-order chi connectivity index (χ1) is 9.43. The van der Waals surface area contributed by atoms with E-state index in [1.165, 1.54) is 29.7 Å². The maximum atomic E-state index is 12.2. The van der Waals surface area contributed by atoms with Gasteiger partial charge in [-0.3, -0.25) is 4.79 Å². The molecule has 2 rings (SSSR count). The summed E-state index contributed by atoms with van der Waals surface area (Å²) in [6.07, 6.45) is 1.25. The molecule has 1 fully saturated rings. The summed E-state index contributed by atoms with van der Waals surface area (Å²) in [5.41, 5.74) is 2.48. The van der Waals surface area contributed by atoms with E-state index in [0.29, 0.717) is 25.9 Å². The molecule has 1 unspecified atom stereocenters. The van der Waals surface area contributed by atoms with Crippen LogP contribution in [0.15, 0.2) is 10.9 Å². The normalized spacial score (nSPS) is 20.4. The quantitative estimate of drug-likeness (QED) is 0.830. The van der Waals surface area contributed by atoms with Gasteiger partial charge in [0.15, 0.2) is 0 Å². The minimum atomic E-state index is -3.55. The lowest BCUT2D eigenvalue weighted by atomic mass is 10.2. The van der Waals surface area contributed by atoms with E-state index in [1.54, 1.807) is 5.51 Å². The summed E-state index contributed by atoms with van der Waals surface area (Å²) in [6.45, 7) is 0.712. The Hall–Kier alpha value is -1.03. The molecule has 2 heterocycles. The minimum Gasteiger partial charge on any atom is -0.349 e. The minimum absolute atomic E-state index is 0.263. The van der Waals surface area contributed by atoms with Crippen LogP contribution in [-0.4, -0.2) is 54.6 Å².